The van der Waals surface area contributed by atoms with Crippen LogP contribution in [0.3, 0.4) is 0 Å². The molecule has 0 unspecified atom stereocenters. The van der Waals surface area contributed by atoms with Crippen LogP contribution in [-0.4, -0.2) is 17.1 Å². The van der Waals surface area contributed by atoms with Crippen LogP contribution in [0.1, 0.15) is 5.69 Å². The molecule has 0 saturated carbocycles. The van der Waals surface area contributed by atoms with Crippen LogP contribution in [0, 0.1) is 0 Å². The molecule has 2 aromatic rings. The number of nitrogens with two attached hydrogens (primary N) is 1. The first-order valence-corrected chi connectivity index (χ1v) is 5.65. The summed E-state index contributed by atoms with van der Waals surface area (Å²) >= 11 is 1.57. The topological polar surface area (TPSA) is 73.1 Å². The van der Waals surface area contributed by atoms with Gasteiger partial charge in [-0.25, -0.2) is 4.98 Å². The fraction of sp³-hybridized carbons (Fsp3) is 0.200. The number of hydrogen-bond donors (Lipinski definition) is 2. The number of hydrogen-bond acceptors (Lipinski definition) is 6. The lowest BCUT2D eigenvalue weighted by atomic mass is 10.4. The maximum atomic E-state index is 5.66. The van der Waals surface area contributed by atoms with E-state index in [2.05, 4.69) is 15.3 Å². The second-order valence-corrected chi connectivity index (χ2v) is 3.85. The average molecular weight is 236 g/mol. The van der Waals surface area contributed by atoms with Gasteiger partial charge >= 0.3 is 0 Å². The molecular formula is C10H12N4OS. The number of aromatic nitrogens is 2. The van der Waals surface area contributed by atoms with Crippen molar-refractivity contribution in [3.63, 3.8) is 0 Å². The molecule has 0 atom stereocenters. The van der Waals surface area contributed by atoms with Gasteiger partial charge in [-0.2, -0.15) is 4.98 Å². The van der Waals surface area contributed by atoms with Gasteiger partial charge in [-0.05, 0) is 12.1 Å². The fourth-order valence-corrected chi connectivity index (χ4v) is 1.78. The molecule has 3 N–H and O–H groups in total. The Balaban J connectivity index is 2.04. The summed E-state index contributed by atoms with van der Waals surface area (Å²) in [5.74, 6) is 1.15. The molecule has 0 aliphatic rings. The molecule has 84 valence electrons. The largest absolute Gasteiger partial charge is 0.479 e. The Kier molecular flexibility index (Phi) is 3.21. The molecule has 0 bridgehead atoms. The lowest BCUT2D eigenvalue weighted by molar-refractivity contribution is 0.401. The molecule has 2 aromatic heterocycles. The molecule has 0 aromatic carbocycles. The van der Waals surface area contributed by atoms with Crippen molar-refractivity contribution in [3.8, 4) is 5.88 Å². The summed E-state index contributed by atoms with van der Waals surface area (Å²) in [6.07, 6.45) is 0. The zero-order valence-electron chi connectivity index (χ0n) is 8.80. The first-order chi connectivity index (χ1) is 7.79. The van der Waals surface area contributed by atoms with Crippen LogP contribution >= 0.6 is 11.3 Å². The highest BCUT2D eigenvalue weighted by molar-refractivity contribution is 7.07. The molecule has 0 saturated heterocycles. The van der Waals surface area contributed by atoms with Gasteiger partial charge in [0.1, 0.15) is 5.82 Å². The molecule has 5 nitrogen and oxygen atoms in total. The monoisotopic (exact) mass is 236 g/mol. The molecule has 0 aliphatic heterocycles. The van der Waals surface area contributed by atoms with Crippen LogP contribution in [0.5, 0.6) is 5.88 Å². The van der Waals surface area contributed by atoms with E-state index in [1.807, 2.05) is 11.4 Å². The van der Waals surface area contributed by atoms with Gasteiger partial charge in [0.25, 0.3) is 0 Å². The van der Waals surface area contributed by atoms with E-state index in [-0.39, 0.29) is 0 Å². The molecule has 0 fully saturated rings. The van der Waals surface area contributed by atoms with E-state index in [1.54, 1.807) is 30.0 Å². The van der Waals surface area contributed by atoms with E-state index < -0.39 is 0 Å². The van der Waals surface area contributed by atoms with Gasteiger partial charge < -0.3 is 15.8 Å². The van der Waals surface area contributed by atoms with Gasteiger partial charge in [-0.15, -0.1) is 11.3 Å². The summed E-state index contributed by atoms with van der Waals surface area (Å²) in [7, 11) is 1.54. The number of pyridine rings is 1. The Labute approximate surface area is 97.3 Å². The van der Waals surface area contributed by atoms with Gasteiger partial charge in [0.2, 0.25) is 5.88 Å². The first-order valence-electron chi connectivity index (χ1n) is 4.71. The van der Waals surface area contributed by atoms with Crippen molar-refractivity contribution >= 4 is 22.8 Å². The first kappa shape index (κ1) is 10.7. The summed E-state index contributed by atoms with van der Waals surface area (Å²) in [5, 5.41) is 5.13. The Hall–Kier alpha value is -1.82. The third-order valence-electron chi connectivity index (χ3n) is 2.02. The van der Waals surface area contributed by atoms with Crippen LogP contribution < -0.4 is 15.8 Å². The van der Waals surface area contributed by atoms with E-state index in [0.717, 1.165) is 11.5 Å². The van der Waals surface area contributed by atoms with Crippen LogP contribution in [0.25, 0.3) is 0 Å². The van der Waals surface area contributed by atoms with Crippen molar-refractivity contribution in [1.29, 1.82) is 0 Å². The van der Waals surface area contributed by atoms with Gasteiger partial charge in [0.15, 0.2) is 0 Å². The van der Waals surface area contributed by atoms with Crippen LogP contribution in [0.15, 0.2) is 23.0 Å². The highest BCUT2D eigenvalue weighted by Gasteiger charge is 2.02. The molecule has 0 amide bonds. The minimum absolute atomic E-state index is 0.434. The number of rotatable bonds is 4. The predicted octanol–water partition coefficient (Wildman–Crippen LogP) is 1.74. The summed E-state index contributed by atoms with van der Waals surface area (Å²) in [4.78, 5) is 8.37. The van der Waals surface area contributed by atoms with E-state index in [9.17, 15) is 0 Å². The molecule has 2 heterocycles. The molecular weight excluding hydrogens is 224 g/mol. The van der Waals surface area contributed by atoms with Gasteiger partial charge in [-0.1, -0.05) is 0 Å². The Morgan fingerprint density at radius 3 is 3.06 bits per heavy atom. The van der Waals surface area contributed by atoms with Crippen LogP contribution in [0.2, 0.25) is 0 Å². The standard InChI is InChI=1S/C10H12N4OS/c1-15-10-8(11)2-3-9(14-10)12-4-7-5-16-6-13-7/h2-3,5-6H,4,11H2,1H3,(H,12,14). The molecule has 0 radical (unpaired) electrons. The van der Waals surface area contributed by atoms with Gasteiger partial charge in [0.05, 0.1) is 30.5 Å². The smallest absolute Gasteiger partial charge is 0.238 e. The Bertz CT molecular complexity index is 458. The quantitative estimate of drug-likeness (QED) is 0.846. The number of nitrogens with zero attached hydrogens (tertiary/aromatic N) is 2. The lowest BCUT2D eigenvalue weighted by Crippen LogP contribution is -2.03. The molecule has 0 aliphatic carbocycles. The maximum Gasteiger partial charge on any atom is 0.238 e. The number of thiazole rings is 1. The number of nitrogen functional groups attached to an aromatic ring is 1. The van der Waals surface area contributed by atoms with Crippen molar-refractivity contribution in [1.82, 2.24) is 9.97 Å². The number of ether oxygens (including phenoxy) is 1. The van der Waals surface area contributed by atoms with Crippen LogP contribution in [-0.2, 0) is 6.54 Å². The average Bonchev–Trinajstić information content (AvgIpc) is 2.81. The predicted molar refractivity (Wildman–Crippen MR) is 64.6 cm³/mol. The summed E-state index contributed by atoms with van der Waals surface area (Å²) in [6.45, 7) is 0.642. The van der Waals surface area contributed by atoms with Crippen molar-refractivity contribution in [2.75, 3.05) is 18.2 Å². The summed E-state index contributed by atoms with van der Waals surface area (Å²) < 4.78 is 5.03. The SMILES string of the molecule is COc1nc(NCc2cscn2)ccc1N. The van der Waals surface area contributed by atoms with Crippen molar-refractivity contribution < 1.29 is 4.74 Å². The zero-order valence-corrected chi connectivity index (χ0v) is 9.62. The number of nitrogens with one attached hydrogen (secondary N) is 1. The van der Waals surface area contributed by atoms with E-state index >= 15 is 0 Å². The highest BCUT2D eigenvalue weighted by Crippen LogP contribution is 2.20. The van der Waals surface area contributed by atoms with E-state index in [0.29, 0.717) is 18.1 Å². The normalized spacial score (nSPS) is 10.1. The molecule has 6 heteroatoms. The number of anilines is 2. The summed E-state index contributed by atoms with van der Waals surface area (Å²) in [5.41, 5.74) is 8.98. The molecule has 2 rings (SSSR count). The minimum Gasteiger partial charge on any atom is -0.479 e. The second-order valence-electron chi connectivity index (χ2n) is 3.13. The second kappa shape index (κ2) is 4.80. The third-order valence-corrected chi connectivity index (χ3v) is 2.65. The summed E-state index contributed by atoms with van der Waals surface area (Å²) in [6, 6.07) is 3.57. The Morgan fingerprint density at radius 1 is 1.50 bits per heavy atom. The minimum atomic E-state index is 0.434. The van der Waals surface area contributed by atoms with Crippen molar-refractivity contribution in [2.24, 2.45) is 0 Å². The third kappa shape index (κ3) is 2.40. The van der Waals surface area contributed by atoms with E-state index in [4.69, 9.17) is 10.5 Å². The van der Waals surface area contributed by atoms with E-state index in [1.165, 1.54) is 0 Å². The molecule has 0 spiro atoms. The van der Waals surface area contributed by atoms with Gasteiger partial charge in [-0.3, -0.25) is 0 Å². The Morgan fingerprint density at radius 2 is 2.38 bits per heavy atom. The number of methoxy groups -OCH3 is 1. The van der Waals surface area contributed by atoms with Crippen molar-refractivity contribution in [3.05, 3.63) is 28.7 Å². The zero-order chi connectivity index (χ0) is 11.4. The highest BCUT2D eigenvalue weighted by atomic mass is 32.1. The lowest BCUT2D eigenvalue weighted by Gasteiger charge is -2.07. The van der Waals surface area contributed by atoms with Crippen LogP contribution in [0.4, 0.5) is 11.5 Å². The van der Waals surface area contributed by atoms with Gasteiger partial charge in [0, 0.05) is 5.38 Å². The van der Waals surface area contributed by atoms with Crippen molar-refractivity contribution in [2.45, 2.75) is 6.54 Å². The fourth-order valence-electron chi connectivity index (χ4n) is 1.22. The molecule has 16 heavy (non-hydrogen) atoms. The maximum absolute atomic E-state index is 5.66.